The molecular formula is C18H19BrN4O. The molecule has 0 fully saturated rings. The zero-order chi connectivity index (χ0) is 17.3. The Balaban J connectivity index is 2.11. The van der Waals surface area contributed by atoms with Gasteiger partial charge in [0, 0.05) is 12.4 Å². The molecule has 0 aliphatic rings. The van der Waals surface area contributed by atoms with Crippen LogP contribution in [0, 0.1) is 13.8 Å². The first kappa shape index (κ1) is 16.6. The van der Waals surface area contributed by atoms with Gasteiger partial charge in [0.1, 0.15) is 11.5 Å². The van der Waals surface area contributed by atoms with E-state index in [1.54, 1.807) is 6.20 Å². The van der Waals surface area contributed by atoms with Gasteiger partial charge in [0.15, 0.2) is 5.65 Å². The lowest BCUT2D eigenvalue weighted by Gasteiger charge is -2.09. The van der Waals surface area contributed by atoms with Crippen LogP contribution in [0.2, 0.25) is 0 Å². The van der Waals surface area contributed by atoms with Crippen molar-refractivity contribution in [1.29, 1.82) is 0 Å². The van der Waals surface area contributed by atoms with Crippen LogP contribution in [0.1, 0.15) is 40.7 Å². The van der Waals surface area contributed by atoms with Crippen LogP contribution in [0.15, 0.2) is 35.1 Å². The number of imidazole rings is 1. The molecule has 6 heteroatoms. The number of anilines is 1. The second-order valence-corrected chi connectivity index (χ2v) is 6.69. The number of carbonyl (C=O) groups excluding carboxylic acids is 1. The quantitative estimate of drug-likeness (QED) is 0.726. The molecule has 0 aromatic carbocycles. The zero-order valence-electron chi connectivity index (χ0n) is 13.9. The summed E-state index contributed by atoms with van der Waals surface area (Å²) in [4.78, 5) is 21.8. The molecule has 0 unspecified atom stereocenters. The molecule has 0 saturated heterocycles. The van der Waals surface area contributed by atoms with Gasteiger partial charge in [-0.05, 0) is 59.5 Å². The van der Waals surface area contributed by atoms with Crippen molar-refractivity contribution in [3.63, 3.8) is 0 Å². The molecule has 0 bridgehead atoms. The standard InChI is InChI=1S/C18H19BrN4O/c1-4-6-14-15(18(24)22-16-12(3)7-5-8-20-16)23-10-11(2)9-13(19)17(23)21-14/h5,7-10H,4,6H2,1-3H3,(H,20,22,24). The number of halogens is 1. The van der Waals surface area contributed by atoms with Gasteiger partial charge in [0.05, 0.1) is 10.2 Å². The van der Waals surface area contributed by atoms with E-state index in [0.29, 0.717) is 11.5 Å². The molecule has 0 aliphatic heterocycles. The molecule has 5 nitrogen and oxygen atoms in total. The van der Waals surface area contributed by atoms with Crippen LogP contribution in [-0.2, 0) is 6.42 Å². The molecule has 0 saturated carbocycles. The first-order chi connectivity index (χ1) is 11.5. The Kier molecular flexibility index (Phi) is 4.66. The highest BCUT2D eigenvalue weighted by atomic mass is 79.9. The lowest BCUT2D eigenvalue weighted by Crippen LogP contribution is -2.18. The van der Waals surface area contributed by atoms with Crippen LogP contribution in [0.3, 0.4) is 0 Å². The van der Waals surface area contributed by atoms with Crippen molar-refractivity contribution in [1.82, 2.24) is 14.4 Å². The Hall–Kier alpha value is -2.21. The van der Waals surface area contributed by atoms with E-state index in [9.17, 15) is 4.79 Å². The van der Waals surface area contributed by atoms with E-state index in [0.717, 1.165) is 39.8 Å². The van der Waals surface area contributed by atoms with Crippen molar-refractivity contribution in [2.75, 3.05) is 5.32 Å². The van der Waals surface area contributed by atoms with Gasteiger partial charge in [-0.25, -0.2) is 9.97 Å². The molecule has 0 atom stereocenters. The molecule has 3 heterocycles. The summed E-state index contributed by atoms with van der Waals surface area (Å²) < 4.78 is 2.74. The van der Waals surface area contributed by atoms with Gasteiger partial charge in [-0.2, -0.15) is 0 Å². The number of hydrogen-bond acceptors (Lipinski definition) is 3. The molecule has 124 valence electrons. The number of pyridine rings is 2. The summed E-state index contributed by atoms with van der Waals surface area (Å²) in [5, 5.41) is 2.92. The largest absolute Gasteiger partial charge is 0.305 e. The minimum atomic E-state index is -0.190. The number of amides is 1. The summed E-state index contributed by atoms with van der Waals surface area (Å²) in [6.45, 7) is 5.99. The van der Waals surface area contributed by atoms with Crippen LogP contribution in [0.4, 0.5) is 5.82 Å². The van der Waals surface area contributed by atoms with E-state index in [1.165, 1.54) is 0 Å². The maximum atomic E-state index is 12.9. The molecule has 0 spiro atoms. The molecule has 3 aromatic heterocycles. The van der Waals surface area contributed by atoms with Crippen LogP contribution in [0.25, 0.3) is 5.65 Å². The maximum absolute atomic E-state index is 12.9. The third-order valence-electron chi connectivity index (χ3n) is 3.83. The van der Waals surface area contributed by atoms with Crippen LogP contribution in [-0.4, -0.2) is 20.3 Å². The third kappa shape index (κ3) is 3.06. The number of aromatic nitrogens is 3. The smallest absolute Gasteiger partial charge is 0.275 e. The summed E-state index contributed by atoms with van der Waals surface area (Å²) >= 11 is 3.55. The summed E-state index contributed by atoms with van der Waals surface area (Å²) in [6.07, 6.45) is 5.28. The summed E-state index contributed by atoms with van der Waals surface area (Å²) in [6, 6.07) is 5.77. The van der Waals surface area contributed by atoms with Crippen molar-refractivity contribution in [2.24, 2.45) is 0 Å². The Morgan fingerprint density at radius 3 is 2.88 bits per heavy atom. The third-order valence-corrected chi connectivity index (χ3v) is 4.41. The average molecular weight is 387 g/mol. The first-order valence-electron chi connectivity index (χ1n) is 7.91. The first-order valence-corrected chi connectivity index (χ1v) is 8.70. The number of nitrogens with zero attached hydrogens (tertiary/aromatic N) is 3. The fourth-order valence-electron chi connectivity index (χ4n) is 2.71. The van der Waals surface area contributed by atoms with E-state index in [1.807, 2.05) is 42.6 Å². The Morgan fingerprint density at radius 2 is 2.17 bits per heavy atom. The number of carbonyl (C=O) groups is 1. The molecule has 3 rings (SSSR count). The van der Waals surface area contributed by atoms with Crippen LogP contribution < -0.4 is 5.32 Å². The second kappa shape index (κ2) is 6.73. The minimum absolute atomic E-state index is 0.190. The lowest BCUT2D eigenvalue weighted by molar-refractivity contribution is 0.102. The van der Waals surface area contributed by atoms with E-state index >= 15 is 0 Å². The van der Waals surface area contributed by atoms with E-state index in [4.69, 9.17) is 0 Å². The van der Waals surface area contributed by atoms with Crippen LogP contribution in [0.5, 0.6) is 0 Å². The van der Waals surface area contributed by atoms with Crippen molar-refractivity contribution in [3.05, 3.63) is 57.6 Å². The van der Waals surface area contributed by atoms with Gasteiger partial charge in [0.25, 0.3) is 5.91 Å². The number of hydrogen-bond donors (Lipinski definition) is 1. The average Bonchev–Trinajstić information content (AvgIpc) is 2.88. The molecular weight excluding hydrogens is 368 g/mol. The van der Waals surface area contributed by atoms with Crippen molar-refractivity contribution in [3.8, 4) is 0 Å². The fourth-order valence-corrected chi connectivity index (χ4v) is 3.35. The topological polar surface area (TPSA) is 59.3 Å². The van der Waals surface area contributed by atoms with Gasteiger partial charge in [-0.1, -0.05) is 19.4 Å². The molecule has 0 aliphatic carbocycles. The van der Waals surface area contributed by atoms with Gasteiger partial charge < -0.3 is 5.32 Å². The minimum Gasteiger partial charge on any atom is -0.305 e. The van der Waals surface area contributed by atoms with Gasteiger partial charge in [0.2, 0.25) is 0 Å². The SMILES string of the molecule is CCCc1nc2c(Br)cc(C)cn2c1C(=O)Nc1ncccc1C. The van der Waals surface area contributed by atoms with Gasteiger partial charge in [-0.3, -0.25) is 9.20 Å². The van der Waals surface area contributed by atoms with E-state index in [-0.39, 0.29) is 5.91 Å². The van der Waals surface area contributed by atoms with E-state index in [2.05, 4.69) is 38.1 Å². The maximum Gasteiger partial charge on any atom is 0.275 e. The number of rotatable bonds is 4. The van der Waals surface area contributed by atoms with Crippen molar-refractivity contribution >= 4 is 33.3 Å². The zero-order valence-corrected chi connectivity index (χ0v) is 15.5. The molecule has 0 radical (unpaired) electrons. The molecule has 1 amide bonds. The van der Waals surface area contributed by atoms with Gasteiger partial charge in [-0.15, -0.1) is 0 Å². The predicted octanol–water partition coefficient (Wildman–Crippen LogP) is 4.31. The fraction of sp³-hybridized carbons (Fsp3) is 0.278. The highest BCUT2D eigenvalue weighted by Gasteiger charge is 2.21. The second-order valence-electron chi connectivity index (χ2n) is 5.84. The monoisotopic (exact) mass is 386 g/mol. The summed E-state index contributed by atoms with van der Waals surface area (Å²) in [5.41, 5.74) is 4.11. The summed E-state index contributed by atoms with van der Waals surface area (Å²) in [5.74, 6) is 0.386. The normalized spacial score (nSPS) is 11.0. The summed E-state index contributed by atoms with van der Waals surface area (Å²) in [7, 11) is 0. The molecule has 24 heavy (non-hydrogen) atoms. The Labute approximate surface area is 149 Å². The van der Waals surface area contributed by atoms with Crippen molar-refractivity contribution < 1.29 is 4.79 Å². The van der Waals surface area contributed by atoms with E-state index < -0.39 is 0 Å². The van der Waals surface area contributed by atoms with Crippen molar-refractivity contribution in [2.45, 2.75) is 33.6 Å². The number of fused-ring (bicyclic) bond motifs is 1. The predicted molar refractivity (Wildman–Crippen MR) is 98.6 cm³/mol. The number of nitrogens with one attached hydrogen (secondary N) is 1. The highest BCUT2D eigenvalue weighted by molar-refractivity contribution is 9.10. The molecule has 3 aromatic rings. The number of aryl methyl sites for hydroxylation is 3. The van der Waals surface area contributed by atoms with Gasteiger partial charge >= 0.3 is 0 Å². The van der Waals surface area contributed by atoms with Crippen LogP contribution >= 0.6 is 15.9 Å². The Bertz CT molecular complexity index is 917. The lowest BCUT2D eigenvalue weighted by atomic mass is 10.2. The molecule has 1 N–H and O–H groups in total. The highest BCUT2D eigenvalue weighted by Crippen LogP contribution is 2.24. The Morgan fingerprint density at radius 1 is 1.38 bits per heavy atom.